The van der Waals surface area contributed by atoms with Crippen LogP contribution in [-0.4, -0.2) is 32.3 Å². The summed E-state index contributed by atoms with van der Waals surface area (Å²) >= 11 is 6.53. The number of halogens is 1. The van der Waals surface area contributed by atoms with Crippen molar-refractivity contribution in [3.63, 3.8) is 0 Å². The summed E-state index contributed by atoms with van der Waals surface area (Å²) in [7, 11) is 1.99. The second-order valence-corrected chi connectivity index (χ2v) is 9.27. The molecule has 3 N–H and O–H groups in total. The van der Waals surface area contributed by atoms with E-state index >= 15 is 0 Å². The molecule has 0 bridgehead atoms. The fourth-order valence-corrected chi connectivity index (χ4v) is 4.54. The molecule has 0 amide bonds. The summed E-state index contributed by atoms with van der Waals surface area (Å²) in [6.45, 7) is 0.957. The number of nitrogens with zero attached hydrogens (tertiary/aromatic N) is 4. The highest BCUT2D eigenvalue weighted by Crippen LogP contribution is 2.38. The molecule has 7 heteroatoms. The minimum absolute atomic E-state index is 0.481. The smallest absolute Gasteiger partial charge is 0.148 e. The molecule has 4 rings (SSSR count). The number of rotatable bonds is 8. The largest absolute Gasteiger partial charge is 0.319 e. The zero-order valence-electron chi connectivity index (χ0n) is 17.7. The minimum Gasteiger partial charge on any atom is -0.319 e. The molecule has 2 aromatic heterocycles. The fraction of sp³-hybridized carbons (Fsp3) is 0.609. The monoisotopic (exact) mass is 426 g/mol. The van der Waals surface area contributed by atoms with Crippen LogP contribution in [0.5, 0.6) is 0 Å². The van der Waals surface area contributed by atoms with Gasteiger partial charge in [-0.25, -0.2) is 9.97 Å². The lowest BCUT2D eigenvalue weighted by atomic mass is 9.79. The van der Waals surface area contributed by atoms with Gasteiger partial charge in [0.1, 0.15) is 5.82 Å². The van der Waals surface area contributed by atoms with Crippen LogP contribution in [0.1, 0.15) is 62.9 Å². The first-order chi connectivity index (χ1) is 14.5. The highest BCUT2D eigenvalue weighted by atomic mass is 35.5. The molecule has 0 aromatic carbocycles. The van der Waals surface area contributed by atoms with Crippen LogP contribution in [0.15, 0.2) is 12.4 Å². The van der Waals surface area contributed by atoms with E-state index < -0.39 is 5.54 Å². The molecule has 0 atom stereocenters. The Balaban J connectivity index is 1.49. The molecule has 0 radical (unpaired) electrons. The predicted octanol–water partition coefficient (Wildman–Crippen LogP) is 3.58. The highest BCUT2D eigenvalue weighted by molar-refractivity contribution is 6.32. The Labute approximate surface area is 184 Å². The molecule has 2 fully saturated rings. The summed E-state index contributed by atoms with van der Waals surface area (Å²) in [5, 5.41) is 8.63. The average molecular weight is 427 g/mol. The lowest BCUT2D eigenvalue weighted by molar-refractivity contribution is 0.241. The van der Waals surface area contributed by atoms with Crippen LogP contribution in [0.25, 0.3) is 11.3 Å². The number of hydrogen-bond donors (Lipinski definition) is 2. The maximum atomic E-state index is 6.81. The van der Waals surface area contributed by atoms with Gasteiger partial charge in [-0.3, -0.25) is 4.68 Å². The number of aromatic nitrogens is 4. The van der Waals surface area contributed by atoms with E-state index in [0.717, 1.165) is 68.7 Å². The first-order valence-electron chi connectivity index (χ1n) is 11.0. The van der Waals surface area contributed by atoms with Crippen LogP contribution in [0.3, 0.4) is 0 Å². The van der Waals surface area contributed by atoms with Crippen molar-refractivity contribution in [3.8, 4) is 23.6 Å². The number of nitrogens with one attached hydrogen (secondary N) is 1. The van der Waals surface area contributed by atoms with Crippen molar-refractivity contribution in [1.82, 2.24) is 25.1 Å². The summed E-state index contributed by atoms with van der Waals surface area (Å²) in [4.78, 5) is 9.43. The molecule has 6 nitrogen and oxygen atoms in total. The molecule has 0 spiro atoms. The van der Waals surface area contributed by atoms with Gasteiger partial charge in [0.15, 0.2) is 0 Å². The zero-order valence-corrected chi connectivity index (χ0v) is 18.5. The number of aryl methyl sites for hydroxylation is 1. The summed E-state index contributed by atoms with van der Waals surface area (Å²) in [5.41, 5.74) is 9.24. The summed E-state index contributed by atoms with van der Waals surface area (Å²) < 4.78 is 1.95. The maximum Gasteiger partial charge on any atom is 0.148 e. The molecule has 30 heavy (non-hydrogen) atoms. The van der Waals surface area contributed by atoms with Gasteiger partial charge in [-0.2, -0.15) is 5.10 Å². The summed E-state index contributed by atoms with van der Waals surface area (Å²) in [6, 6.07) is 0.481. The molecule has 0 aliphatic heterocycles. The van der Waals surface area contributed by atoms with Gasteiger partial charge in [-0.15, -0.1) is 12.3 Å². The van der Waals surface area contributed by atoms with E-state index in [2.05, 4.69) is 21.3 Å². The van der Waals surface area contributed by atoms with Crippen molar-refractivity contribution < 1.29 is 0 Å². The normalized spacial score (nSPS) is 24.0. The number of hydrogen-bond acceptors (Lipinski definition) is 5. The van der Waals surface area contributed by atoms with Crippen LogP contribution >= 0.6 is 11.6 Å². The van der Waals surface area contributed by atoms with Crippen LogP contribution < -0.4 is 11.1 Å². The second-order valence-electron chi connectivity index (χ2n) is 8.86. The van der Waals surface area contributed by atoms with Crippen LogP contribution in [-0.2, 0) is 19.0 Å². The quantitative estimate of drug-likeness (QED) is 0.498. The zero-order chi connectivity index (χ0) is 21.1. The van der Waals surface area contributed by atoms with E-state index in [1.165, 1.54) is 18.5 Å². The molecule has 2 aromatic rings. The van der Waals surface area contributed by atoms with E-state index in [9.17, 15) is 0 Å². The number of unbranched alkanes of at least 4 members (excludes halogenated alkanes) is 1. The Morgan fingerprint density at radius 2 is 2.07 bits per heavy atom. The SMILES string of the molecule is C#CCCCNC1CCC(N)(c2ncc(Cl)c(-c3cnn(C)c3CC3CC3)n2)CC1. The molecule has 2 saturated carbocycles. The molecule has 2 heterocycles. The highest BCUT2D eigenvalue weighted by Gasteiger charge is 2.36. The second kappa shape index (κ2) is 9.05. The lowest BCUT2D eigenvalue weighted by Crippen LogP contribution is -2.46. The molecular formula is C23H31ClN6. The van der Waals surface area contributed by atoms with E-state index in [1.54, 1.807) is 6.20 Å². The van der Waals surface area contributed by atoms with Crippen LogP contribution in [0.2, 0.25) is 5.02 Å². The maximum absolute atomic E-state index is 6.81. The van der Waals surface area contributed by atoms with Gasteiger partial charge in [0, 0.05) is 37.0 Å². The van der Waals surface area contributed by atoms with Crippen LogP contribution in [0, 0.1) is 18.3 Å². The van der Waals surface area contributed by atoms with Crippen molar-refractivity contribution in [1.29, 1.82) is 0 Å². The topological polar surface area (TPSA) is 81.6 Å². The van der Waals surface area contributed by atoms with Gasteiger partial charge in [0.2, 0.25) is 0 Å². The van der Waals surface area contributed by atoms with E-state index in [0.29, 0.717) is 16.9 Å². The van der Waals surface area contributed by atoms with Gasteiger partial charge < -0.3 is 11.1 Å². The Morgan fingerprint density at radius 3 is 2.77 bits per heavy atom. The van der Waals surface area contributed by atoms with Gasteiger partial charge >= 0.3 is 0 Å². The Bertz CT molecular complexity index is 918. The Hall–Kier alpha value is -1.94. The van der Waals surface area contributed by atoms with Crippen molar-refractivity contribution in [2.24, 2.45) is 18.7 Å². The standard InChI is InChI=1S/C23H31ClN6/c1-3-4-5-12-26-17-8-10-23(25,11-9-17)22-27-15-19(24)21(29-22)18-14-28-30(2)20(18)13-16-6-7-16/h1,14-17,26H,4-13,25H2,2H3. The first-order valence-corrected chi connectivity index (χ1v) is 11.4. The predicted molar refractivity (Wildman–Crippen MR) is 120 cm³/mol. The average Bonchev–Trinajstić information content (AvgIpc) is 3.50. The third-order valence-corrected chi connectivity index (χ3v) is 6.77. The van der Waals surface area contributed by atoms with Crippen molar-refractivity contribution in [3.05, 3.63) is 28.9 Å². The number of terminal acetylenes is 1. The molecule has 2 aliphatic rings. The summed E-state index contributed by atoms with van der Waals surface area (Å²) in [6.07, 6.45) is 18.0. The lowest BCUT2D eigenvalue weighted by Gasteiger charge is -2.36. The summed E-state index contributed by atoms with van der Waals surface area (Å²) in [5.74, 6) is 4.13. The Morgan fingerprint density at radius 1 is 1.30 bits per heavy atom. The molecule has 160 valence electrons. The minimum atomic E-state index is -0.519. The first kappa shape index (κ1) is 21.3. The molecular weight excluding hydrogens is 396 g/mol. The molecule has 0 unspecified atom stereocenters. The molecule has 0 saturated heterocycles. The third kappa shape index (κ3) is 4.69. The van der Waals surface area contributed by atoms with E-state index in [1.807, 2.05) is 17.9 Å². The van der Waals surface area contributed by atoms with Crippen molar-refractivity contribution >= 4 is 11.6 Å². The van der Waals surface area contributed by atoms with Gasteiger partial charge in [-0.05, 0) is 63.8 Å². The van der Waals surface area contributed by atoms with E-state index in [-0.39, 0.29) is 0 Å². The van der Waals surface area contributed by atoms with E-state index in [4.69, 9.17) is 28.7 Å². The fourth-order valence-electron chi connectivity index (χ4n) is 4.35. The van der Waals surface area contributed by atoms with Gasteiger partial charge in [-0.1, -0.05) is 11.6 Å². The van der Waals surface area contributed by atoms with Crippen molar-refractivity contribution in [2.75, 3.05) is 6.54 Å². The number of nitrogens with two attached hydrogens (primary N) is 1. The van der Waals surface area contributed by atoms with Gasteiger partial charge in [0.05, 0.1) is 22.5 Å². The molecule has 2 aliphatic carbocycles. The van der Waals surface area contributed by atoms with Crippen LogP contribution in [0.4, 0.5) is 0 Å². The van der Waals surface area contributed by atoms with Gasteiger partial charge in [0.25, 0.3) is 0 Å². The third-order valence-electron chi connectivity index (χ3n) is 6.49. The van der Waals surface area contributed by atoms with Crippen molar-refractivity contribution in [2.45, 2.75) is 69.4 Å². The Kier molecular flexibility index (Phi) is 6.43.